The second-order valence-corrected chi connectivity index (χ2v) is 7.30. The third-order valence-electron chi connectivity index (χ3n) is 4.22. The molecule has 1 heterocycles. The monoisotopic (exact) mass is 394 g/mol. The van der Waals surface area contributed by atoms with Gasteiger partial charge in [-0.2, -0.15) is 29.0 Å². The quantitative estimate of drug-likeness (QED) is 0.702. The van der Waals surface area contributed by atoms with Crippen molar-refractivity contribution in [2.24, 2.45) is 0 Å². The summed E-state index contributed by atoms with van der Waals surface area (Å²) in [6.07, 6.45) is -1.02. The van der Waals surface area contributed by atoms with Crippen LogP contribution in [0.2, 0.25) is 0 Å². The molecule has 0 saturated carbocycles. The smallest absolute Gasteiger partial charge is 0.349 e. The van der Waals surface area contributed by atoms with Crippen molar-refractivity contribution in [3.05, 3.63) is 75.7 Å². The van der Waals surface area contributed by atoms with Crippen LogP contribution in [-0.2, 0) is 5.41 Å². The summed E-state index contributed by atoms with van der Waals surface area (Å²) < 4.78 is 39.8. The second kappa shape index (κ2) is 8.09. The van der Waals surface area contributed by atoms with Crippen molar-refractivity contribution in [2.45, 2.75) is 32.4 Å². The minimum absolute atomic E-state index is 0.0389. The predicted molar refractivity (Wildman–Crippen MR) is 102 cm³/mol. The molecule has 0 bridgehead atoms. The molecule has 1 aliphatic heterocycles. The van der Waals surface area contributed by atoms with Gasteiger partial charge in [0.25, 0.3) is 0 Å². The van der Waals surface area contributed by atoms with Crippen molar-refractivity contribution < 1.29 is 13.2 Å². The van der Waals surface area contributed by atoms with Gasteiger partial charge in [0.2, 0.25) is 0 Å². The molecule has 1 aliphatic rings. The highest BCUT2D eigenvalue weighted by molar-refractivity contribution is 5.66. The van der Waals surface area contributed by atoms with Crippen molar-refractivity contribution in [3.8, 4) is 18.2 Å². The topological polar surface area (TPSA) is 83.4 Å². The molecule has 0 fully saturated rings. The highest BCUT2D eigenvalue weighted by Gasteiger charge is 2.37. The summed E-state index contributed by atoms with van der Waals surface area (Å²) in [6.45, 7) is 6.20. The summed E-state index contributed by atoms with van der Waals surface area (Å²) in [7, 11) is 0. The maximum absolute atomic E-state index is 13.3. The van der Waals surface area contributed by atoms with Crippen LogP contribution in [-0.4, -0.2) is 6.18 Å². The van der Waals surface area contributed by atoms with Gasteiger partial charge < -0.3 is 5.32 Å². The molecule has 146 valence electrons. The van der Waals surface area contributed by atoms with Gasteiger partial charge in [-0.3, -0.25) is 0 Å². The average molecular weight is 394 g/mol. The standard InChI is InChI=1S/C22H17F3N4/c1-21(2,3)17-8-5-14(6-9-17)4-7-15-10-19(22(23,24)25)29-20(18(15)13-28)16(11-26)12-27/h4-10,29H,1-3H3. The maximum atomic E-state index is 13.3. The van der Waals surface area contributed by atoms with Gasteiger partial charge in [-0.05, 0) is 28.2 Å². The predicted octanol–water partition coefficient (Wildman–Crippen LogP) is 5.17. The van der Waals surface area contributed by atoms with E-state index in [2.05, 4.69) is 20.8 Å². The molecule has 0 amide bonds. The Bertz CT molecular complexity index is 1040. The lowest BCUT2D eigenvalue weighted by Gasteiger charge is -2.22. The van der Waals surface area contributed by atoms with E-state index in [0.29, 0.717) is 0 Å². The number of nitrogens with zero attached hydrogens (tertiary/aromatic N) is 3. The summed E-state index contributed by atoms with van der Waals surface area (Å²) in [4.78, 5) is 0. The van der Waals surface area contributed by atoms with E-state index in [-0.39, 0.29) is 16.6 Å². The number of allylic oxidation sites excluding steroid dienone is 6. The summed E-state index contributed by atoms with van der Waals surface area (Å²) >= 11 is 0. The molecular formula is C22H17F3N4. The van der Waals surface area contributed by atoms with E-state index in [0.717, 1.165) is 17.2 Å². The molecule has 0 atom stereocenters. The molecule has 0 aromatic heterocycles. The Morgan fingerprint density at radius 3 is 2.00 bits per heavy atom. The Hall–Kier alpha value is -3.76. The summed E-state index contributed by atoms with van der Waals surface area (Å²) in [5.74, 6) is 0. The summed E-state index contributed by atoms with van der Waals surface area (Å²) in [6, 6.07) is 12.3. The number of hydrogen-bond acceptors (Lipinski definition) is 4. The highest BCUT2D eigenvalue weighted by Crippen LogP contribution is 2.33. The number of benzene rings is 1. The van der Waals surface area contributed by atoms with Crippen molar-refractivity contribution in [1.29, 1.82) is 15.8 Å². The fourth-order valence-corrected chi connectivity index (χ4v) is 2.61. The van der Waals surface area contributed by atoms with Gasteiger partial charge in [0.1, 0.15) is 23.9 Å². The molecule has 0 aliphatic carbocycles. The van der Waals surface area contributed by atoms with Crippen LogP contribution < -0.4 is 5.32 Å². The fraction of sp³-hybridized carbons (Fsp3) is 0.227. The summed E-state index contributed by atoms with van der Waals surface area (Å²) in [5, 5.41) is 29.5. The number of nitriles is 3. The van der Waals surface area contributed by atoms with Crippen LogP contribution in [0.1, 0.15) is 31.9 Å². The Labute approximate surface area is 167 Å². The zero-order valence-corrected chi connectivity index (χ0v) is 16.0. The van der Waals surface area contributed by atoms with Gasteiger partial charge in [0, 0.05) is 0 Å². The molecule has 1 aromatic rings. The highest BCUT2D eigenvalue weighted by atomic mass is 19.4. The van der Waals surface area contributed by atoms with Crippen LogP contribution in [0, 0.1) is 34.0 Å². The number of rotatable bonds is 2. The molecule has 0 spiro atoms. The molecule has 2 rings (SSSR count). The molecule has 29 heavy (non-hydrogen) atoms. The zero-order valence-electron chi connectivity index (χ0n) is 16.0. The minimum Gasteiger partial charge on any atom is -0.349 e. The van der Waals surface area contributed by atoms with Crippen molar-refractivity contribution in [1.82, 2.24) is 5.32 Å². The lowest BCUT2D eigenvalue weighted by atomic mass is 9.86. The van der Waals surface area contributed by atoms with E-state index >= 15 is 0 Å². The normalized spacial score (nSPS) is 14.6. The van der Waals surface area contributed by atoms with Gasteiger partial charge in [-0.15, -0.1) is 0 Å². The number of halogens is 3. The third kappa shape index (κ3) is 4.94. The molecule has 7 heteroatoms. The van der Waals surface area contributed by atoms with Crippen molar-refractivity contribution in [2.75, 3.05) is 0 Å². The Morgan fingerprint density at radius 2 is 1.55 bits per heavy atom. The number of hydrogen-bond donors (Lipinski definition) is 1. The summed E-state index contributed by atoms with van der Waals surface area (Å²) in [5.41, 5.74) is -0.664. The minimum atomic E-state index is -4.74. The molecule has 1 aromatic carbocycles. The second-order valence-electron chi connectivity index (χ2n) is 7.30. The van der Waals surface area contributed by atoms with E-state index in [1.165, 1.54) is 18.2 Å². The van der Waals surface area contributed by atoms with Crippen LogP contribution in [0.25, 0.3) is 6.08 Å². The Balaban J connectivity index is 2.57. The van der Waals surface area contributed by atoms with Gasteiger partial charge >= 0.3 is 6.18 Å². The molecule has 1 N–H and O–H groups in total. The maximum Gasteiger partial charge on any atom is 0.431 e. The van der Waals surface area contributed by atoms with Crippen LogP contribution in [0.4, 0.5) is 13.2 Å². The van der Waals surface area contributed by atoms with Gasteiger partial charge in [0.05, 0.1) is 11.3 Å². The first-order chi connectivity index (χ1) is 13.5. The molecule has 0 unspecified atom stereocenters. The van der Waals surface area contributed by atoms with Gasteiger partial charge in [-0.1, -0.05) is 57.2 Å². The van der Waals surface area contributed by atoms with Crippen LogP contribution in [0.5, 0.6) is 0 Å². The van der Waals surface area contributed by atoms with E-state index in [1.54, 1.807) is 12.1 Å². The largest absolute Gasteiger partial charge is 0.431 e. The Morgan fingerprint density at radius 1 is 0.966 bits per heavy atom. The molecule has 0 radical (unpaired) electrons. The SMILES string of the molecule is CC(C)(C)c1ccc(C=CC2=C(C#N)C(=C(C#N)C#N)NC(C(F)(F)F)=C2)cc1. The molecule has 0 saturated heterocycles. The van der Waals surface area contributed by atoms with Crippen molar-refractivity contribution in [3.63, 3.8) is 0 Å². The van der Waals surface area contributed by atoms with Gasteiger partial charge in [0.15, 0.2) is 5.57 Å². The first kappa shape index (κ1) is 21.5. The van der Waals surface area contributed by atoms with Gasteiger partial charge in [-0.25, -0.2) is 0 Å². The van der Waals surface area contributed by atoms with E-state index < -0.39 is 23.1 Å². The lowest BCUT2D eigenvalue weighted by molar-refractivity contribution is -0.0959. The molecular weight excluding hydrogens is 377 g/mol. The molecule has 4 nitrogen and oxygen atoms in total. The van der Waals surface area contributed by atoms with E-state index in [9.17, 15) is 18.4 Å². The lowest BCUT2D eigenvalue weighted by Crippen LogP contribution is -2.30. The van der Waals surface area contributed by atoms with E-state index in [1.807, 2.05) is 29.6 Å². The first-order valence-corrected chi connectivity index (χ1v) is 8.55. The van der Waals surface area contributed by atoms with E-state index in [4.69, 9.17) is 10.5 Å². The zero-order chi connectivity index (χ0) is 21.8. The Kier molecular flexibility index (Phi) is 6.01. The van der Waals surface area contributed by atoms with Crippen LogP contribution in [0.3, 0.4) is 0 Å². The van der Waals surface area contributed by atoms with Crippen LogP contribution >= 0.6 is 0 Å². The average Bonchev–Trinajstić information content (AvgIpc) is 2.66. The first-order valence-electron chi connectivity index (χ1n) is 8.55. The number of nitrogens with one attached hydrogen (secondary N) is 1. The third-order valence-corrected chi connectivity index (χ3v) is 4.22. The fourth-order valence-electron chi connectivity index (χ4n) is 2.61. The number of alkyl halides is 3. The number of dihydropyridines is 1. The van der Waals surface area contributed by atoms with Crippen molar-refractivity contribution >= 4 is 6.08 Å². The van der Waals surface area contributed by atoms with Crippen LogP contribution in [0.15, 0.2) is 64.5 Å².